The molecule has 2 aromatic rings. The number of methoxy groups -OCH3 is 1. The van der Waals surface area contributed by atoms with Crippen LogP contribution >= 0.6 is 0 Å². The molecule has 0 unspecified atom stereocenters. The lowest BCUT2D eigenvalue weighted by molar-refractivity contribution is 0.0165. The largest absolute Gasteiger partial charge is 0.474 e. The second kappa shape index (κ2) is 7.28. The zero-order chi connectivity index (χ0) is 20.9. The number of hydrogen-bond donors (Lipinski definition) is 2. The third kappa shape index (κ3) is 3.24. The fourth-order valence-electron chi connectivity index (χ4n) is 4.66. The summed E-state index contributed by atoms with van der Waals surface area (Å²) in [5, 5.41) is 6.91. The molecule has 160 valence electrons. The third-order valence-corrected chi connectivity index (χ3v) is 7.42. The first-order chi connectivity index (χ1) is 14.5. The minimum atomic E-state index is -4.14. The average Bonchev–Trinajstić information content (AvgIpc) is 3.45. The molecule has 2 heterocycles. The molecule has 2 aliphatic carbocycles. The predicted molar refractivity (Wildman–Crippen MR) is 108 cm³/mol. The molecule has 0 radical (unpaired) electrons. The van der Waals surface area contributed by atoms with Crippen LogP contribution in [0.25, 0.3) is 0 Å². The molecule has 0 fully saturated rings. The molecule has 2 N–H and O–H groups in total. The van der Waals surface area contributed by atoms with Gasteiger partial charge >= 0.3 is 6.03 Å². The molecule has 10 heteroatoms. The summed E-state index contributed by atoms with van der Waals surface area (Å²) < 4.78 is 40.0. The van der Waals surface area contributed by atoms with E-state index in [1.165, 1.54) is 22.0 Å². The molecular formula is C20H24N4O5S. The second-order valence-electron chi connectivity index (χ2n) is 7.96. The molecule has 1 atom stereocenters. The van der Waals surface area contributed by atoms with Gasteiger partial charge in [0.2, 0.25) is 5.88 Å². The number of rotatable bonds is 4. The van der Waals surface area contributed by atoms with Crippen molar-refractivity contribution in [3.63, 3.8) is 0 Å². The SMILES string of the molecule is CO[C@@H]1COc2c(S(=O)(=O)NC(=O)Nc3c4c(cc5c3CCC5)CCC4)cnn2C1. The number of anilines is 1. The van der Waals surface area contributed by atoms with E-state index in [1.54, 1.807) is 7.11 Å². The van der Waals surface area contributed by atoms with Gasteiger partial charge in [0.15, 0.2) is 4.90 Å². The molecule has 3 aliphatic rings. The van der Waals surface area contributed by atoms with Gasteiger partial charge in [0.05, 0.1) is 12.7 Å². The van der Waals surface area contributed by atoms with Crippen molar-refractivity contribution in [3.8, 4) is 5.88 Å². The first-order valence-electron chi connectivity index (χ1n) is 10.2. The van der Waals surface area contributed by atoms with Gasteiger partial charge < -0.3 is 14.8 Å². The van der Waals surface area contributed by atoms with Gasteiger partial charge in [0.1, 0.15) is 12.7 Å². The van der Waals surface area contributed by atoms with E-state index >= 15 is 0 Å². The van der Waals surface area contributed by atoms with E-state index in [9.17, 15) is 13.2 Å². The van der Waals surface area contributed by atoms with E-state index in [-0.39, 0.29) is 23.5 Å². The number of fused-ring (bicyclic) bond motifs is 3. The lowest BCUT2D eigenvalue weighted by Crippen LogP contribution is -2.36. The highest BCUT2D eigenvalue weighted by Gasteiger charge is 2.32. The van der Waals surface area contributed by atoms with E-state index in [0.29, 0.717) is 6.54 Å². The van der Waals surface area contributed by atoms with Crippen molar-refractivity contribution in [1.82, 2.24) is 14.5 Å². The van der Waals surface area contributed by atoms with Gasteiger partial charge in [-0.05, 0) is 60.8 Å². The molecule has 0 spiro atoms. The monoisotopic (exact) mass is 432 g/mol. The van der Waals surface area contributed by atoms with Crippen LogP contribution in [0.4, 0.5) is 10.5 Å². The Kier molecular flexibility index (Phi) is 4.70. The minimum Gasteiger partial charge on any atom is -0.474 e. The van der Waals surface area contributed by atoms with Crippen LogP contribution in [0.5, 0.6) is 5.88 Å². The molecule has 5 rings (SSSR count). The van der Waals surface area contributed by atoms with Crippen LogP contribution in [0.1, 0.15) is 35.1 Å². The Morgan fingerprint density at radius 2 is 1.90 bits per heavy atom. The molecular weight excluding hydrogens is 408 g/mol. The first-order valence-corrected chi connectivity index (χ1v) is 11.7. The van der Waals surface area contributed by atoms with Crippen molar-refractivity contribution in [3.05, 3.63) is 34.5 Å². The lowest BCUT2D eigenvalue weighted by atomic mass is 9.99. The number of carbonyl (C=O) groups excluding carboxylic acids is 1. The van der Waals surface area contributed by atoms with Gasteiger partial charge in [-0.2, -0.15) is 5.10 Å². The van der Waals surface area contributed by atoms with E-state index in [2.05, 4.69) is 21.2 Å². The van der Waals surface area contributed by atoms with Crippen LogP contribution < -0.4 is 14.8 Å². The highest BCUT2D eigenvalue weighted by atomic mass is 32.2. The fourth-order valence-corrected chi connectivity index (χ4v) is 5.65. The van der Waals surface area contributed by atoms with E-state index in [0.717, 1.165) is 55.3 Å². The maximum Gasteiger partial charge on any atom is 0.333 e. The molecule has 30 heavy (non-hydrogen) atoms. The van der Waals surface area contributed by atoms with Crippen LogP contribution in [0.2, 0.25) is 0 Å². The Morgan fingerprint density at radius 3 is 2.57 bits per heavy atom. The highest BCUT2D eigenvalue weighted by molar-refractivity contribution is 7.90. The zero-order valence-electron chi connectivity index (χ0n) is 16.7. The summed E-state index contributed by atoms with van der Waals surface area (Å²) >= 11 is 0. The van der Waals surface area contributed by atoms with E-state index in [1.807, 2.05) is 0 Å². The number of nitrogens with zero attached hydrogens (tertiary/aromatic N) is 2. The topological polar surface area (TPSA) is 112 Å². The molecule has 1 aliphatic heterocycles. The van der Waals surface area contributed by atoms with Crippen molar-refractivity contribution < 1.29 is 22.7 Å². The Morgan fingerprint density at radius 1 is 1.20 bits per heavy atom. The van der Waals surface area contributed by atoms with Crippen LogP contribution in [0.15, 0.2) is 17.2 Å². The van der Waals surface area contributed by atoms with Crippen LogP contribution in [-0.2, 0) is 47.0 Å². The smallest absolute Gasteiger partial charge is 0.333 e. The van der Waals surface area contributed by atoms with Crippen molar-refractivity contribution in [2.24, 2.45) is 0 Å². The Bertz CT molecular complexity index is 1090. The quantitative estimate of drug-likeness (QED) is 0.762. The van der Waals surface area contributed by atoms with Gasteiger partial charge in [0.25, 0.3) is 10.0 Å². The standard InChI is InChI=1S/C20H24N4O5S/c1-28-14-10-24-19(29-11-14)17(9-21-24)30(26,27)23-20(25)22-18-15-6-2-4-12(15)8-13-5-3-7-16(13)18/h8-9,14H,2-7,10-11H2,1H3,(H2,22,23,25)/t14-/m0/s1. The van der Waals surface area contributed by atoms with E-state index in [4.69, 9.17) is 9.47 Å². The van der Waals surface area contributed by atoms with E-state index < -0.39 is 16.1 Å². The number of carbonyl (C=O) groups is 1. The number of benzene rings is 1. The summed E-state index contributed by atoms with van der Waals surface area (Å²) in [6.45, 7) is 0.606. The number of amides is 2. The van der Waals surface area contributed by atoms with Gasteiger partial charge in [0, 0.05) is 12.8 Å². The van der Waals surface area contributed by atoms with Crippen molar-refractivity contribution in [2.75, 3.05) is 19.0 Å². The van der Waals surface area contributed by atoms with Crippen LogP contribution in [0.3, 0.4) is 0 Å². The number of nitrogens with one attached hydrogen (secondary N) is 2. The normalized spacial score (nSPS) is 19.6. The third-order valence-electron chi connectivity index (χ3n) is 6.10. The number of aryl methyl sites for hydroxylation is 2. The summed E-state index contributed by atoms with van der Waals surface area (Å²) in [7, 11) is -2.58. The van der Waals surface area contributed by atoms with Crippen molar-refractivity contribution in [1.29, 1.82) is 0 Å². The predicted octanol–water partition coefficient (Wildman–Crippen LogP) is 1.78. The molecule has 0 bridgehead atoms. The van der Waals surface area contributed by atoms with Gasteiger partial charge in [-0.25, -0.2) is 22.6 Å². The summed E-state index contributed by atoms with van der Waals surface area (Å²) in [4.78, 5) is 12.5. The molecule has 1 aromatic carbocycles. The van der Waals surface area contributed by atoms with Crippen molar-refractivity contribution >= 4 is 21.7 Å². The number of urea groups is 1. The van der Waals surface area contributed by atoms with Crippen LogP contribution in [0, 0.1) is 0 Å². The number of sulfonamides is 1. The van der Waals surface area contributed by atoms with Gasteiger partial charge in [-0.1, -0.05) is 6.07 Å². The molecule has 0 saturated carbocycles. The maximum atomic E-state index is 12.8. The van der Waals surface area contributed by atoms with Crippen molar-refractivity contribution in [2.45, 2.75) is 56.1 Å². The minimum absolute atomic E-state index is 0.116. The number of aromatic nitrogens is 2. The van der Waals surface area contributed by atoms with Gasteiger partial charge in [-0.15, -0.1) is 0 Å². The first kappa shape index (κ1) is 19.4. The molecule has 0 saturated heterocycles. The summed E-state index contributed by atoms with van der Waals surface area (Å²) in [5.74, 6) is 0.116. The van der Waals surface area contributed by atoms with Gasteiger partial charge in [-0.3, -0.25) is 0 Å². The summed E-state index contributed by atoms with van der Waals surface area (Å²) in [6.07, 6.45) is 6.89. The molecule has 2 amide bonds. The number of hydrogen-bond acceptors (Lipinski definition) is 6. The average molecular weight is 433 g/mol. The van der Waals surface area contributed by atoms with Crippen LogP contribution in [-0.4, -0.2) is 44.1 Å². The Hall–Kier alpha value is -2.59. The highest BCUT2D eigenvalue weighted by Crippen LogP contribution is 2.38. The Balaban J connectivity index is 1.38. The lowest BCUT2D eigenvalue weighted by Gasteiger charge is -2.23. The fraction of sp³-hybridized carbons (Fsp3) is 0.500. The number of ether oxygens (including phenoxy) is 2. The summed E-state index contributed by atoms with van der Waals surface area (Å²) in [6, 6.07) is 1.49. The zero-order valence-corrected chi connectivity index (χ0v) is 17.5. The summed E-state index contributed by atoms with van der Waals surface area (Å²) in [5.41, 5.74) is 5.60. The second-order valence-corrected chi connectivity index (χ2v) is 9.61. The molecule has 9 nitrogen and oxygen atoms in total. The maximum absolute atomic E-state index is 12.8. The Labute approximate surface area is 174 Å². The molecule has 1 aromatic heterocycles.